The highest BCUT2D eigenvalue weighted by molar-refractivity contribution is 6.09. The molecular weight excluding hydrogens is 286 g/mol. The quantitative estimate of drug-likeness (QED) is 0.542. The molecule has 0 aliphatic heterocycles. The highest BCUT2D eigenvalue weighted by Crippen LogP contribution is 2.39. The molecule has 0 radical (unpaired) electrons. The summed E-state index contributed by atoms with van der Waals surface area (Å²) in [6.07, 6.45) is 0. The first-order valence-electron chi connectivity index (χ1n) is 7.54. The van der Waals surface area contributed by atoms with Crippen molar-refractivity contribution in [1.29, 1.82) is 0 Å². The Balaban J connectivity index is 2.17. The molecule has 0 fully saturated rings. The van der Waals surface area contributed by atoms with Crippen LogP contribution in [0.25, 0.3) is 27.5 Å². The number of fused-ring (bicyclic) bond motifs is 3. The van der Waals surface area contributed by atoms with E-state index < -0.39 is 0 Å². The molecule has 0 N–H and O–H groups in total. The van der Waals surface area contributed by atoms with Gasteiger partial charge in [0.1, 0.15) is 0 Å². The number of ether oxygens (including phenoxy) is 2. The van der Waals surface area contributed by atoms with E-state index in [-0.39, 0.29) is 0 Å². The number of nitrogens with zero attached hydrogens (tertiary/aromatic N) is 1. The maximum absolute atomic E-state index is 5.64. The first-order valence-corrected chi connectivity index (χ1v) is 7.54. The number of hydrogen-bond acceptors (Lipinski definition) is 2. The van der Waals surface area contributed by atoms with Crippen molar-refractivity contribution in [2.24, 2.45) is 0 Å². The monoisotopic (exact) mass is 303 g/mol. The van der Waals surface area contributed by atoms with Crippen LogP contribution < -0.4 is 9.47 Å². The van der Waals surface area contributed by atoms with E-state index in [0.29, 0.717) is 0 Å². The topological polar surface area (TPSA) is 23.4 Å². The molecule has 4 rings (SSSR count). The van der Waals surface area contributed by atoms with Crippen LogP contribution in [0, 0.1) is 0 Å². The van der Waals surface area contributed by atoms with Gasteiger partial charge < -0.3 is 14.0 Å². The van der Waals surface area contributed by atoms with E-state index >= 15 is 0 Å². The molecule has 0 saturated heterocycles. The molecular formula is C20H17NO2. The Morgan fingerprint density at radius 2 is 1.26 bits per heavy atom. The van der Waals surface area contributed by atoms with Crippen molar-refractivity contribution in [2.75, 3.05) is 14.2 Å². The normalized spacial score (nSPS) is 11.0. The van der Waals surface area contributed by atoms with Crippen molar-refractivity contribution < 1.29 is 9.47 Å². The van der Waals surface area contributed by atoms with Gasteiger partial charge in [-0.15, -0.1) is 0 Å². The Hall–Kier alpha value is -2.94. The van der Waals surface area contributed by atoms with Crippen LogP contribution in [0.3, 0.4) is 0 Å². The van der Waals surface area contributed by atoms with Crippen LogP contribution >= 0.6 is 0 Å². The predicted octanol–water partition coefficient (Wildman–Crippen LogP) is 4.80. The molecule has 0 aliphatic rings. The summed E-state index contributed by atoms with van der Waals surface area (Å²) in [5.41, 5.74) is 3.28. The van der Waals surface area contributed by atoms with E-state index in [4.69, 9.17) is 9.47 Å². The van der Waals surface area contributed by atoms with Crippen molar-refractivity contribution >= 4 is 21.8 Å². The highest BCUT2D eigenvalue weighted by Gasteiger charge is 2.16. The fourth-order valence-electron chi connectivity index (χ4n) is 3.23. The summed E-state index contributed by atoms with van der Waals surface area (Å²) in [7, 11) is 3.34. The number of aromatic nitrogens is 1. The summed E-state index contributed by atoms with van der Waals surface area (Å²) in [4.78, 5) is 0. The molecule has 1 aromatic heterocycles. The summed E-state index contributed by atoms with van der Waals surface area (Å²) in [5.74, 6) is 1.47. The molecule has 3 aromatic carbocycles. The zero-order valence-electron chi connectivity index (χ0n) is 13.1. The molecule has 114 valence electrons. The second-order valence-corrected chi connectivity index (χ2v) is 5.38. The third-order valence-corrected chi connectivity index (χ3v) is 4.20. The Bertz CT molecular complexity index is 948. The fraction of sp³-hybridized carbons (Fsp3) is 0.100. The van der Waals surface area contributed by atoms with Gasteiger partial charge in [-0.3, -0.25) is 0 Å². The minimum Gasteiger partial charge on any atom is -0.493 e. The molecule has 3 nitrogen and oxygen atoms in total. The lowest BCUT2D eigenvalue weighted by molar-refractivity contribution is 0.354. The van der Waals surface area contributed by atoms with Crippen LogP contribution in [0.2, 0.25) is 0 Å². The van der Waals surface area contributed by atoms with Gasteiger partial charge in [-0.25, -0.2) is 0 Å². The molecule has 1 heterocycles. The van der Waals surface area contributed by atoms with Gasteiger partial charge in [0, 0.05) is 10.8 Å². The summed E-state index contributed by atoms with van der Waals surface area (Å²) < 4.78 is 13.3. The third kappa shape index (κ3) is 1.97. The van der Waals surface area contributed by atoms with Crippen molar-refractivity contribution in [3.05, 3.63) is 66.7 Å². The van der Waals surface area contributed by atoms with Gasteiger partial charge in [-0.05, 0) is 24.3 Å². The van der Waals surface area contributed by atoms with Gasteiger partial charge >= 0.3 is 0 Å². The van der Waals surface area contributed by atoms with Crippen molar-refractivity contribution in [1.82, 2.24) is 4.57 Å². The van der Waals surface area contributed by atoms with E-state index in [2.05, 4.69) is 59.2 Å². The Morgan fingerprint density at radius 1 is 0.652 bits per heavy atom. The minimum absolute atomic E-state index is 0.729. The average molecular weight is 303 g/mol. The third-order valence-electron chi connectivity index (χ3n) is 4.20. The standard InChI is InChI=1S/C20H17NO2/c1-22-19-13-7-12-18(20(19)23-2)21-16-10-5-3-8-14(16)15-9-4-6-11-17(15)21/h3-13H,1-2H3. The van der Waals surface area contributed by atoms with Crippen molar-refractivity contribution in [3.8, 4) is 17.2 Å². The lowest BCUT2D eigenvalue weighted by Gasteiger charge is -2.15. The maximum atomic E-state index is 5.64. The molecule has 0 atom stereocenters. The van der Waals surface area contributed by atoms with Crippen molar-refractivity contribution in [2.45, 2.75) is 0 Å². The summed E-state index contributed by atoms with van der Waals surface area (Å²) in [6.45, 7) is 0. The number of rotatable bonds is 3. The predicted molar refractivity (Wildman–Crippen MR) is 93.9 cm³/mol. The smallest absolute Gasteiger partial charge is 0.184 e. The van der Waals surface area contributed by atoms with E-state index in [1.54, 1.807) is 14.2 Å². The molecule has 23 heavy (non-hydrogen) atoms. The maximum Gasteiger partial charge on any atom is 0.184 e. The summed E-state index contributed by atoms with van der Waals surface area (Å²) in [5, 5.41) is 2.46. The molecule has 4 aromatic rings. The molecule has 0 aliphatic carbocycles. The Labute approximate surface area is 134 Å². The van der Waals surface area contributed by atoms with Crippen LogP contribution in [-0.2, 0) is 0 Å². The first-order chi connectivity index (χ1) is 11.3. The van der Waals surface area contributed by atoms with Crippen LogP contribution in [0.15, 0.2) is 66.7 Å². The zero-order valence-corrected chi connectivity index (χ0v) is 13.1. The Kier molecular flexibility index (Phi) is 3.19. The number of hydrogen-bond donors (Lipinski definition) is 0. The summed E-state index contributed by atoms with van der Waals surface area (Å²) in [6, 6.07) is 22.8. The van der Waals surface area contributed by atoms with Gasteiger partial charge in [-0.1, -0.05) is 42.5 Å². The largest absolute Gasteiger partial charge is 0.493 e. The van der Waals surface area contributed by atoms with Gasteiger partial charge in [0.15, 0.2) is 11.5 Å². The summed E-state index contributed by atoms with van der Waals surface area (Å²) >= 11 is 0. The van der Waals surface area contributed by atoms with Gasteiger partial charge in [0.2, 0.25) is 0 Å². The second-order valence-electron chi connectivity index (χ2n) is 5.38. The van der Waals surface area contributed by atoms with Crippen LogP contribution in [0.1, 0.15) is 0 Å². The van der Waals surface area contributed by atoms with Gasteiger partial charge in [-0.2, -0.15) is 0 Å². The van der Waals surface area contributed by atoms with Crippen LogP contribution in [0.5, 0.6) is 11.5 Å². The molecule has 0 amide bonds. The van der Waals surface area contributed by atoms with Gasteiger partial charge in [0.05, 0.1) is 30.9 Å². The zero-order chi connectivity index (χ0) is 15.8. The van der Waals surface area contributed by atoms with Crippen molar-refractivity contribution in [3.63, 3.8) is 0 Å². The van der Waals surface area contributed by atoms with E-state index in [1.165, 1.54) is 10.8 Å². The highest BCUT2D eigenvalue weighted by atomic mass is 16.5. The van der Waals surface area contributed by atoms with Gasteiger partial charge in [0.25, 0.3) is 0 Å². The van der Waals surface area contributed by atoms with Crippen LogP contribution in [-0.4, -0.2) is 18.8 Å². The SMILES string of the molecule is COc1cccc(-n2c3ccccc3c3ccccc32)c1OC. The lowest BCUT2D eigenvalue weighted by Crippen LogP contribution is -2.00. The number of methoxy groups -OCH3 is 2. The average Bonchev–Trinajstić information content (AvgIpc) is 2.95. The fourth-order valence-corrected chi connectivity index (χ4v) is 3.23. The molecule has 3 heteroatoms. The minimum atomic E-state index is 0.729. The van der Waals surface area contributed by atoms with E-state index in [0.717, 1.165) is 28.2 Å². The molecule has 0 unspecified atom stereocenters. The molecule has 0 saturated carbocycles. The first kappa shape index (κ1) is 13.7. The second kappa shape index (κ2) is 5.36. The molecule has 0 bridgehead atoms. The number of benzene rings is 3. The Morgan fingerprint density at radius 3 is 1.83 bits per heavy atom. The van der Waals surface area contributed by atoms with E-state index in [1.807, 2.05) is 12.1 Å². The lowest BCUT2D eigenvalue weighted by atomic mass is 10.2. The number of para-hydroxylation sites is 3. The molecule has 0 spiro atoms. The van der Waals surface area contributed by atoms with Crippen LogP contribution in [0.4, 0.5) is 0 Å². The van der Waals surface area contributed by atoms with E-state index in [9.17, 15) is 0 Å².